The third-order valence-corrected chi connectivity index (χ3v) is 4.73. The van der Waals surface area contributed by atoms with Crippen LogP contribution in [0.1, 0.15) is 38.7 Å². The summed E-state index contributed by atoms with van der Waals surface area (Å²) in [6.07, 6.45) is 5.24. The number of fused-ring (bicyclic) bond motifs is 1. The molecule has 1 aliphatic heterocycles. The maximum Gasteiger partial charge on any atom is 0.160 e. The van der Waals surface area contributed by atoms with Crippen molar-refractivity contribution in [2.24, 2.45) is 5.92 Å². The van der Waals surface area contributed by atoms with Crippen LogP contribution < -0.4 is 4.90 Å². The van der Waals surface area contributed by atoms with E-state index in [2.05, 4.69) is 50.1 Å². The zero-order valence-corrected chi connectivity index (χ0v) is 11.9. The van der Waals surface area contributed by atoms with E-state index >= 15 is 0 Å². The standard InChI is InChI=1S/C17H21NO/c1-17(2)13-9-4-5-10-14(13)18(3)16(17)11-15(19)12-7-6-8-12/h4-5,9-12H,6-8H2,1-3H3/b16-11+. The van der Waals surface area contributed by atoms with E-state index in [1.807, 2.05) is 6.08 Å². The Morgan fingerprint density at radius 2 is 2.00 bits per heavy atom. The van der Waals surface area contributed by atoms with Gasteiger partial charge in [-0.25, -0.2) is 0 Å². The van der Waals surface area contributed by atoms with Crippen LogP contribution in [0.5, 0.6) is 0 Å². The number of rotatable bonds is 2. The van der Waals surface area contributed by atoms with Crippen molar-refractivity contribution in [1.29, 1.82) is 0 Å². The summed E-state index contributed by atoms with van der Waals surface area (Å²) in [5.41, 5.74) is 3.58. The Labute approximate surface area is 115 Å². The summed E-state index contributed by atoms with van der Waals surface area (Å²) in [6, 6.07) is 8.43. The Bertz CT molecular complexity index is 552. The Balaban J connectivity index is 1.99. The van der Waals surface area contributed by atoms with E-state index in [0.717, 1.165) is 18.5 Å². The number of hydrogen-bond acceptors (Lipinski definition) is 2. The average molecular weight is 255 g/mol. The molecule has 0 atom stereocenters. The van der Waals surface area contributed by atoms with Gasteiger partial charge >= 0.3 is 0 Å². The summed E-state index contributed by atoms with van der Waals surface area (Å²) in [6.45, 7) is 4.41. The number of carbonyl (C=O) groups excluding carboxylic acids is 1. The Kier molecular flexibility index (Phi) is 2.77. The lowest BCUT2D eigenvalue weighted by atomic mass is 9.79. The largest absolute Gasteiger partial charge is 0.347 e. The van der Waals surface area contributed by atoms with E-state index in [1.165, 1.54) is 17.7 Å². The molecule has 0 bridgehead atoms. The number of benzene rings is 1. The van der Waals surface area contributed by atoms with Crippen LogP contribution in [0.3, 0.4) is 0 Å². The maximum atomic E-state index is 12.3. The van der Waals surface area contributed by atoms with Crippen LogP contribution in [0.4, 0.5) is 5.69 Å². The van der Waals surface area contributed by atoms with Crippen LogP contribution in [-0.4, -0.2) is 12.8 Å². The molecule has 2 nitrogen and oxygen atoms in total. The molecule has 3 rings (SSSR count). The van der Waals surface area contributed by atoms with Crippen LogP contribution >= 0.6 is 0 Å². The van der Waals surface area contributed by atoms with Gasteiger partial charge in [0.2, 0.25) is 0 Å². The van der Waals surface area contributed by atoms with Gasteiger partial charge in [-0.15, -0.1) is 0 Å². The van der Waals surface area contributed by atoms with Crippen molar-refractivity contribution in [1.82, 2.24) is 0 Å². The normalized spacial score (nSPS) is 23.3. The number of para-hydroxylation sites is 1. The summed E-state index contributed by atoms with van der Waals surface area (Å²) >= 11 is 0. The molecule has 2 aliphatic rings. The highest BCUT2D eigenvalue weighted by atomic mass is 16.1. The van der Waals surface area contributed by atoms with Gasteiger partial charge < -0.3 is 4.90 Å². The second kappa shape index (κ2) is 4.22. The topological polar surface area (TPSA) is 20.3 Å². The monoisotopic (exact) mass is 255 g/mol. The molecule has 100 valence electrons. The van der Waals surface area contributed by atoms with Crippen molar-refractivity contribution in [3.63, 3.8) is 0 Å². The predicted octanol–water partition coefficient (Wildman–Crippen LogP) is 3.67. The van der Waals surface area contributed by atoms with Crippen molar-refractivity contribution in [2.75, 3.05) is 11.9 Å². The van der Waals surface area contributed by atoms with Crippen LogP contribution in [0, 0.1) is 5.92 Å². The Morgan fingerprint density at radius 3 is 2.58 bits per heavy atom. The van der Waals surface area contributed by atoms with Crippen LogP contribution in [0.25, 0.3) is 0 Å². The zero-order chi connectivity index (χ0) is 13.6. The van der Waals surface area contributed by atoms with Crippen molar-refractivity contribution in [3.05, 3.63) is 41.6 Å². The van der Waals surface area contributed by atoms with Crippen molar-refractivity contribution < 1.29 is 4.79 Å². The van der Waals surface area contributed by atoms with Gasteiger partial charge in [0, 0.05) is 35.8 Å². The van der Waals surface area contributed by atoms with E-state index in [1.54, 1.807) is 0 Å². The molecule has 0 aromatic heterocycles. The number of anilines is 1. The highest BCUT2D eigenvalue weighted by Gasteiger charge is 2.39. The predicted molar refractivity (Wildman–Crippen MR) is 78.3 cm³/mol. The van der Waals surface area contributed by atoms with Gasteiger partial charge in [-0.2, -0.15) is 0 Å². The molecule has 1 fully saturated rings. The van der Waals surface area contributed by atoms with Gasteiger partial charge in [0.05, 0.1) is 0 Å². The molecule has 0 radical (unpaired) electrons. The summed E-state index contributed by atoms with van der Waals surface area (Å²) in [5, 5.41) is 0. The van der Waals surface area contributed by atoms with Crippen LogP contribution in [-0.2, 0) is 10.2 Å². The summed E-state index contributed by atoms with van der Waals surface area (Å²) < 4.78 is 0. The zero-order valence-electron chi connectivity index (χ0n) is 11.9. The van der Waals surface area contributed by atoms with Crippen molar-refractivity contribution >= 4 is 11.5 Å². The fourth-order valence-corrected chi connectivity index (χ4v) is 3.20. The van der Waals surface area contributed by atoms with Gasteiger partial charge in [0.1, 0.15) is 0 Å². The van der Waals surface area contributed by atoms with Gasteiger partial charge in [-0.3, -0.25) is 4.79 Å². The molecule has 0 saturated heterocycles. The molecule has 19 heavy (non-hydrogen) atoms. The molecular formula is C17H21NO. The van der Waals surface area contributed by atoms with Gasteiger partial charge in [0.15, 0.2) is 5.78 Å². The minimum absolute atomic E-state index is 0.0786. The van der Waals surface area contributed by atoms with Gasteiger partial charge in [-0.1, -0.05) is 38.5 Å². The minimum Gasteiger partial charge on any atom is -0.347 e. The first-order valence-electron chi connectivity index (χ1n) is 7.11. The lowest BCUT2D eigenvalue weighted by Gasteiger charge is -2.27. The highest BCUT2D eigenvalue weighted by Crippen LogP contribution is 2.46. The van der Waals surface area contributed by atoms with Gasteiger partial charge in [-0.05, 0) is 24.5 Å². The number of hydrogen-bond donors (Lipinski definition) is 0. The summed E-state index contributed by atoms with van der Waals surface area (Å²) in [4.78, 5) is 14.4. The fraction of sp³-hybridized carbons (Fsp3) is 0.471. The first-order valence-corrected chi connectivity index (χ1v) is 7.11. The summed E-state index contributed by atoms with van der Waals surface area (Å²) in [7, 11) is 2.06. The number of likely N-dealkylation sites (N-methyl/N-ethyl adjacent to an activating group) is 1. The highest BCUT2D eigenvalue weighted by molar-refractivity contribution is 5.94. The third-order valence-electron chi connectivity index (χ3n) is 4.73. The SMILES string of the molecule is CN1/C(=C/C(=O)C2CCC2)C(C)(C)c2ccccc21. The third kappa shape index (κ3) is 1.81. The quantitative estimate of drug-likeness (QED) is 0.752. The van der Waals surface area contributed by atoms with E-state index in [0.29, 0.717) is 5.78 Å². The fourth-order valence-electron chi connectivity index (χ4n) is 3.20. The molecule has 0 spiro atoms. The molecule has 1 aliphatic carbocycles. The van der Waals surface area contributed by atoms with Crippen LogP contribution in [0.15, 0.2) is 36.0 Å². The molecule has 1 saturated carbocycles. The molecule has 0 unspecified atom stereocenters. The number of ketones is 1. The van der Waals surface area contributed by atoms with Crippen molar-refractivity contribution in [2.45, 2.75) is 38.5 Å². The second-order valence-corrected chi connectivity index (χ2v) is 6.26. The lowest BCUT2D eigenvalue weighted by Crippen LogP contribution is -2.27. The molecule has 0 amide bonds. The lowest BCUT2D eigenvalue weighted by molar-refractivity contribution is -0.120. The van der Waals surface area contributed by atoms with E-state index in [-0.39, 0.29) is 11.3 Å². The summed E-state index contributed by atoms with van der Waals surface area (Å²) in [5.74, 6) is 0.592. The molecule has 1 aromatic rings. The first-order chi connectivity index (χ1) is 9.01. The van der Waals surface area contributed by atoms with Crippen molar-refractivity contribution in [3.8, 4) is 0 Å². The Morgan fingerprint density at radius 1 is 1.32 bits per heavy atom. The van der Waals surface area contributed by atoms with E-state index < -0.39 is 0 Å². The second-order valence-electron chi connectivity index (χ2n) is 6.26. The maximum absolute atomic E-state index is 12.3. The minimum atomic E-state index is -0.0786. The molecule has 1 aromatic carbocycles. The molecule has 2 heteroatoms. The number of carbonyl (C=O) groups is 1. The molecular weight excluding hydrogens is 234 g/mol. The number of allylic oxidation sites excluding steroid dienone is 2. The average Bonchev–Trinajstić information content (AvgIpc) is 2.49. The van der Waals surface area contributed by atoms with Crippen LogP contribution in [0.2, 0.25) is 0 Å². The smallest absolute Gasteiger partial charge is 0.160 e. The molecule has 1 heterocycles. The van der Waals surface area contributed by atoms with E-state index in [9.17, 15) is 4.79 Å². The number of nitrogens with zero attached hydrogens (tertiary/aromatic N) is 1. The molecule has 0 N–H and O–H groups in total. The Hall–Kier alpha value is -1.57. The first kappa shape index (κ1) is 12.5. The van der Waals surface area contributed by atoms with E-state index in [4.69, 9.17) is 0 Å². The van der Waals surface area contributed by atoms with Gasteiger partial charge in [0.25, 0.3) is 0 Å².